The van der Waals surface area contributed by atoms with Gasteiger partial charge in [0, 0.05) is 17.2 Å². The summed E-state index contributed by atoms with van der Waals surface area (Å²) >= 11 is 1.66. The van der Waals surface area contributed by atoms with E-state index in [1.807, 2.05) is 19.5 Å². The molecule has 1 aliphatic carbocycles. The van der Waals surface area contributed by atoms with Crippen LogP contribution in [-0.4, -0.2) is 32.0 Å². The van der Waals surface area contributed by atoms with Crippen LogP contribution in [0.5, 0.6) is 0 Å². The zero-order valence-electron chi connectivity index (χ0n) is 11.7. The van der Waals surface area contributed by atoms with E-state index in [2.05, 4.69) is 10.3 Å². The minimum Gasteiger partial charge on any atom is -0.312 e. The van der Waals surface area contributed by atoms with E-state index >= 15 is 0 Å². The van der Waals surface area contributed by atoms with Crippen LogP contribution in [0, 0.1) is 12.8 Å². The Hall–Kier alpha value is -0.460. The predicted octanol–water partition coefficient (Wildman–Crippen LogP) is 2.32. The minimum absolute atomic E-state index is 0.171. The third-order valence-corrected chi connectivity index (χ3v) is 6.77. The Morgan fingerprint density at radius 3 is 2.74 bits per heavy atom. The first-order valence-electron chi connectivity index (χ1n) is 6.69. The first kappa shape index (κ1) is 14.9. The molecule has 3 atom stereocenters. The third kappa shape index (κ3) is 3.35. The highest BCUT2D eigenvalue weighted by Gasteiger charge is 2.34. The number of aromatic nitrogens is 1. The van der Waals surface area contributed by atoms with Crippen molar-refractivity contribution in [1.29, 1.82) is 0 Å². The molecule has 19 heavy (non-hydrogen) atoms. The average Bonchev–Trinajstić information content (AvgIpc) is 2.76. The van der Waals surface area contributed by atoms with Crippen molar-refractivity contribution in [1.82, 2.24) is 10.3 Å². The molecule has 108 valence electrons. The first-order chi connectivity index (χ1) is 8.93. The lowest BCUT2D eigenvalue weighted by Crippen LogP contribution is -2.34. The Kier molecular flexibility index (Phi) is 4.63. The van der Waals surface area contributed by atoms with Crippen LogP contribution in [0.25, 0.3) is 0 Å². The second-order valence-electron chi connectivity index (χ2n) is 5.45. The lowest BCUT2D eigenvalue weighted by Gasteiger charge is -2.33. The molecule has 0 spiro atoms. The van der Waals surface area contributed by atoms with Crippen LogP contribution in [0.1, 0.15) is 42.3 Å². The molecule has 0 radical (unpaired) electrons. The van der Waals surface area contributed by atoms with Crippen LogP contribution in [-0.2, 0) is 9.84 Å². The van der Waals surface area contributed by atoms with Gasteiger partial charge in [-0.05, 0) is 39.2 Å². The van der Waals surface area contributed by atoms with Crippen molar-refractivity contribution in [2.75, 3.05) is 13.3 Å². The number of rotatable bonds is 4. The summed E-state index contributed by atoms with van der Waals surface area (Å²) in [5.74, 6) is 0.387. The second-order valence-corrected chi connectivity index (χ2v) is 8.66. The molecule has 0 amide bonds. The largest absolute Gasteiger partial charge is 0.312 e. The Bertz CT molecular complexity index is 525. The molecule has 1 saturated carbocycles. The van der Waals surface area contributed by atoms with Crippen LogP contribution in [0.4, 0.5) is 0 Å². The number of aryl methyl sites for hydroxylation is 1. The monoisotopic (exact) mass is 302 g/mol. The molecule has 0 aromatic carbocycles. The van der Waals surface area contributed by atoms with Gasteiger partial charge in [0.2, 0.25) is 0 Å². The van der Waals surface area contributed by atoms with Gasteiger partial charge in [0.1, 0.15) is 9.84 Å². The van der Waals surface area contributed by atoms with Gasteiger partial charge in [0.15, 0.2) is 0 Å². The first-order valence-corrected chi connectivity index (χ1v) is 9.53. The zero-order chi connectivity index (χ0) is 14.0. The summed E-state index contributed by atoms with van der Waals surface area (Å²) in [7, 11) is -0.967. The van der Waals surface area contributed by atoms with E-state index in [4.69, 9.17) is 0 Å². The molecule has 1 aromatic heterocycles. The number of nitrogens with zero attached hydrogens (tertiary/aromatic N) is 1. The summed E-state index contributed by atoms with van der Waals surface area (Å²) in [6.45, 7) is 2.02. The molecular weight excluding hydrogens is 280 g/mol. The van der Waals surface area contributed by atoms with Gasteiger partial charge < -0.3 is 5.32 Å². The smallest absolute Gasteiger partial charge is 0.150 e. The molecule has 3 unspecified atom stereocenters. The van der Waals surface area contributed by atoms with Gasteiger partial charge in [0.25, 0.3) is 0 Å². The molecule has 0 saturated heterocycles. The SMILES string of the molecule is CNC(c1scnc1C)C1CCCC(S(C)(=O)=O)C1. The fourth-order valence-electron chi connectivity index (χ4n) is 3.06. The summed E-state index contributed by atoms with van der Waals surface area (Å²) in [6, 6.07) is 0.233. The standard InChI is InChI=1S/C13H22N2O2S2/c1-9-13(18-8-15-9)12(14-2)10-5-4-6-11(7-10)19(3,16)17/h8,10-12,14H,4-7H2,1-3H3. The molecule has 1 aromatic rings. The fourth-order valence-corrected chi connectivity index (χ4v) is 5.26. The average molecular weight is 302 g/mol. The van der Waals surface area contributed by atoms with E-state index in [0.717, 1.165) is 31.4 Å². The summed E-state index contributed by atoms with van der Waals surface area (Å²) in [5, 5.41) is 3.19. The van der Waals surface area contributed by atoms with Gasteiger partial charge in [-0.2, -0.15) is 0 Å². The number of hydrogen-bond acceptors (Lipinski definition) is 5. The van der Waals surface area contributed by atoms with Gasteiger partial charge in [-0.1, -0.05) is 6.42 Å². The van der Waals surface area contributed by atoms with Gasteiger partial charge in [0.05, 0.1) is 16.5 Å². The van der Waals surface area contributed by atoms with E-state index in [9.17, 15) is 8.42 Å². The van der Waals surface area contributed by atoms with Crippen LogP contribution < -0.4 is 5.32 Å². The molecule has 0 bridgehead atoms. The van der Waals surface area contributed by atoms with Crippen molar-refractivity contribution in [3.05, 3.63) is 16.1 Å². The molecule has 1 N–H and O–H groups in total. The van der Waals surface area contributed by atoms with E-state index in [-0.39, 0.29) is 11.3 Å². The molecule has 1 aliphatic rings. The molecule has 6 heteroatoms. The summed E-state index contributed by atoms with van der Waals surface area (Å²) in [4.78, 5) is 5.56. The highest BCUT2D eigenvalue weighted by atomic mass is 32.2. The van der Waals surface area contributed by atoms with Crippen LogP contribution in [0.2, 0.25) is 0 Å². The maximum Gasteiger partial charge on any atom is 0.150 e. The van der Waals surface area contributed by atoms with Crippen LogP contribution in [0.3, 0.4) is 0 Å². The quantitative estimate of drug-likeness (QED) is 0.927. The van der Waals surface area contributed by atoms with Crippen molar-refractivity contribution in [2.24, 2.45) is 5.92 Å². The lowest BCUT2D eigenvalue weighted by atomic mass is 9.82. The van der Waals surface area contributed by atoms with Gasteiger partial charge in [-0.25, -0.2) is 13.4 Å². The van der Waals surface area contributed by atoms with Crippen molar-refractivity contribution in [2.45, 2.75) is 43.9 Å². The zero-order valence-corrected chi connectivity index (χ0v) is 13.4. The highest BCUT2D eigenvalue weighted by molar-refractivity contribution is 7.91. The Labute approximate surface area is 119 Å². The Balaban J connectivity index is 2.18. The van der Waals surface area contributed by atoms with Crippen molar-refractivity contribution < 1.29 is 8.42 Å². The molecular formula is C13H22N2O2S2. The molecule has 1 fully saturated rings. The van der Waals surface area contributed by atoms with E-state index < -0.39 is 9.84 Å². The predicted molar refractivity (Wildman–Crippen MR) is 79.2 cm³/mol. The van der Waals surface area contributed by atoms with Crippen LogP contribution >= 0.6 is 11.3 Å². The Morgan fingerprint density at radius 2 is 2.21 bits per heavy atom. The summed E-state index contributed by atoms with van der Waals surface area (Å²) in [6.07, 6.45) is 5.04. The maximum atomic E-state index is 11.8. The molecule has 1 heterocycles. The lowest BCUT2D eigenvalue weighted by molar-refractivity contribution is 0.284. The summed E-state index contributed by atoms with van der Waals surface area (Å²) in [5.41, 5.74) is 2.93. The number of hydrogen-bond donors (Lipinski definition) is 1. The Morgan fingerprint density at radius 1 is 1.47 bits per heavy atom. The van der Waals surface area contributed by atoms with E-state index in [1.165, 1.54) is 11.1 Å². The number of nitrogens with one attached hydrogen (secondary N) is 1. The van der Waals surface area contributed by atoms with E-state index in [0.29, 0.717) is 5.92 Å². The van der Waals surface area contributed by atoms with Gasteiger partial charge >= 0.3 is 0 Å². The third-order valence-electron chi connectivity index (χ3n) is 4.12. The van der Waals surface area contributed by atoms with Crippen LogP contribution in [0.15, 0.2) is 5.51 Å². The second kappa shape index (κ2) is 5.89. The minimum atomic E-state index is -2.92. The van der Waals surface area contributed by atoms with Gasteiger partial charge in [-0.3, -0.25) is 0 Å². The number of thiazole rings is 1. The van der Waals surface area contributed by atoms with Crippen molar-refractivity contribution in [3.8, 4) is 0 Å². The topological polar surface area (TPSA) is 59.1 Å². The highest BCUT2D eigenvalue weighted by Crippen LogP contribution is 2.38. The fraction of sp³-hybridized carbons (Fsp3) is 0.769. The van der Waals surface area contributed by atoms with Crippen molar-refractivity contribution in [3.63, 3.8) is 0 Å². The van der Waals surface area contributed by atoms with Gasteiger partial charge in [-0.15, -0.1) is 11.3 Å². The maximum absolute atomic E-state index is 11.8. The molecule has 0 aliphatic heterocycles. The summed E-state index contributed by atoms with van der Waals surface area (Å²) < 4.78 is 23.5. The normalized spacial score (nSPS) is 26.3. The van der Waals surface area contributed by atoms with E-state index in [1.54, 1.807) is 11.3 Å². The number of sulfone groups is 1. The van der Waals surface area contributed by atoms with Crippen molar-refractivity contribution >= 4 is 21.2 Å². The molecule has 2 rings (SSSR count). The molecule has 4 nitrogen and oxygen atoms in total.